The molecule has 3 aromatic carbocycles. The first-order valence-corrected chi connectivity index (χ1v) is 17.0. The van der Waals surface area contributed by atoms with Gasteiger partial charge in [-0.1, -0.05) is 24.3 Å². The van der Waals surface area contributed by atoms with E-state index in [9.17, 15) is 17.6 Å². The van der Waals surface area contributed by atoms with Gasteiger partial charge in [0.15, 0.2) is 5.75 Å². The van der Waals surface area contributed by atoms with E-state index >= 15 is 0 Å². The van der Waals surface area contributed by atoms with E-state index in [0.717, 1.165) is 36.0 Å². The van der Waals surface area contributed by atoms with Crippen LogP contribution in [-0.2, 0) is 34.3 Å². The van der Waals surface area contributed by atoms with Crippen molar-refractivity contribution in [1.29, 1.82) is 0 Å². The first kappa shape index (κ1) is 31.7. The third-order valence-corrected chi connectivity index (χ3v) is 9.72. The average molecular weight is 649 g/mol. The Morgan fingerprint density at radius 2 is 1.70 bits per heavy atom. The number of ether oxygens (including phenoxy) is 3. The van der Waals surface area contributed by atoms with Gasteiger partial charge in [-0.05, 0) is 53.4 Å². The summed E-state index contributed by atoms with van der Waals surface area (Å²) in [5, 5.41) is 0.554. The number of hydrogen-bond acceptors (Lipinski definition) is 8. The Bertz CT molecular complexity index is 1840. The van der Waals surface area contributed by atoms with Crippen LogP contribution in [0.25, 0.3) is 10.9 Å². The number of pyridine rings is 1. The van der Waals surface area contributed by atoms with Crippen LogP contribution in [0.5, 0.6) is 11.5 Å². The number of benzene rings is 3. The predicted molar refractivity (Wildman–Crippen MR) is 174 cm³/mol. The van der Waals surface area contributed by atoms with Crippen LogP contribution in [0.4, 0.5) is 10.1 Å². The number of fused-ring (bicyclic) bond motifs is 2. The molecular weight excluding hydrogens is 611 g/mol. The molecule has 2 aliphatic rings. The number of hydrogen-bond donors (Lipinski definition) is 0. The number of carbonyl (C=O) groups is 1. The van der Waals surface area contributed by atoms with Crippen LogP contribution in [-0.4, -0.2) is 88.9 Å². The highest BCUT2D eigenvalue weighted by atomic mass is 32.2. The van der Waals surface area contributed by atoms with Crippen molar-refractivity contribution in [2.45, 2.75) is 19.6 Å². The third kappa shape index (κ3) is 6.64. The Balaban J connectivity index is 1.46. The van der Waals surface area contributed by atoms with Gasteiger partial charge in [-0.25, -0.2) is 12.8 Å². The van der Waals surface area contributed by atoms with E-state index in [1.165, 1.54) is 23.5 Å². The average Bonchev–Trinajstić information content (AvgIpc) is 3.38. The molecule has 0 atom stereocenters. The molecule has 1 amide bonds. The second kappa shape index (κ2) is 13.2. The van der Waals surface area contributed by atoms with Gasteiger partial charge in [0, 0.05) is 56.9 Å². The number of amides is 1. The first-order valence-electron chi connectivity index (χ1n) is 15.1. The monoisotopic (exact) mass is 648 g/mol. The number of anilines is 1. The second-order valence-electron chi connectivity index (χ2n) is 11.6. The Kier molecular flexibility index (Phi) is 9.12. The van der Waals surface area contributed by atoms with Gasteiger partial charge >= 0.3 is 0 Å². The minimum absolute atomic E-state index is 0.160. The topological polar surface area (TPSA) is 102 Å². The fourth-order valence-corrected chi connectivity index (χ4v) is 6.49. The smallest absolute Gasteiger partial charge is 0.258 e. The van der Waals surface area contributed by atoms with Gasteiger partial charge in [-0.3, -0.25) is 19.0 Å². The molecule has 1 saturated heterocycles. The molecule has 12 heteroatoms. The molecule has 0 unspecified atom stereocenters. The van der Waals surface area contributed by atoms with Crippen LogP contribution in [0, 0.1) is 5.82 Å². The van der Waals surface area contributed by atoms with E-state index in [4.69, 9.17) is 19.2 Å². The van der Waals surface area contributed by atoms with E-state index in [2.05, 4.69) is 4.90 Å². The summed E-state index contributed by atoms with van der Waals surface area (Å²) in [5.74, 6) is 0.480. The SMILES string of the molecule is COc1ccc(COc2c3c(c(N(C)S(C)(=O)=O)c4cc(Cc5ccc(F)cc5)cnc24)CN(CCN2CCOCC2)C3=O)cc1. The molecule has 1 fully saturated rings. The fourth-order valence-electron chi connectivity index (χ4n) is 5.95. The Hall–Kier alpha value is -4.26. The number of morpholine rings is 1. The van der Waals surface area contributed by atoms with Gasteiger partial charge in [0.05, 0.1) is 37.8 Å². The largest absolute Gasteiger partial charge is 0.497 e. The molecule has 2 aliphatic heterocycles. The summed E-state index contributed by atoms with van der Waals surface area (Å²) < 4.78 is 58.1. The lowest BCUT2D eigenvalue weighted by Crippen LogP contribution is -2.41. The highest BCUT2D eigenvalue weighted by Crippen LogP contribution is 2.45. The molecule has 1 aromatic heterocycles. The molecule has 4 aromatic rings. The molecule has 0 bridgehead atoms. The summed E-state index contributed by atoms with van der Waals surface area (Å²) in [7, 11) is -0.630. The molecule has 0 radical (unpaired) electrons. The maximum Gasteiger partial charge on any atom is 0.258 e. The molecule has 0 saturated carbocycles. The van der Waals surface area contributed by atoms with Crippen molar-refractivity contribution < 1.29 is 31.8 Å². The molecule has 0 aliphatic carbocycles. The maximum absolute atomic E-state index is 14.1. The predicted octanol–water partition coefficient (Wildman–Crippen LogP) is 4.24. The van der Waals surface area contributed by atoms with Crippen molar-refractivity contribution in [3.8, 4) is 11.5 Å². The van der Waals surface area contributed by atoms with Crippen LogP contribution < -0.4 is 13.8 Å². The van der Waals surface area contributed by atoms with E-state index in [0.29, 0.717) is 71.9 Å². The normalized spacial score (nSPS) is 15.3. The molecular formula is C34H37FN4O6S. The van der Waals surface area contributed by atoms with Crippen molar-refractivity contribution in [1.82, 2.24) is 14.8 Å². The van der Waals surface area contributed by atoms with Crippen LogP contribution in [0.2, 0.25) is 0 Å². The van der Waals surface area contributed by atoms with Crippen LogP contribution in [0.3, 0.4) is 0 Å². The van der Waals surface area contributed by atoms with Gasteiger partial charge in [0.2, 0.25) is 10.0 Å². The molecule has 10 nitrogen and oxygen atoms in total. The van der Waals surface area contributed by atoms with Crippen molar-refractivity contribution in [3.63, 3.8) is 0 Å². The summed E-state index contributed by atoms with van der Waals surface area (Å²) in [4.78, 5) is 22.9. The number of aromatic nitrogens is 1. The quantitative estimate of drug-likeness (QED) is 0.238. The van der Waals surface area contributed by atoms with Crippen molar-refractivity contribution in [2.75, 3.05) is 64.1 Å². The van der Waals surface area contributed by atoms with Gasteiger partial charge < -0.3 is 19.1 Å². The third-order valence-electron chi connectivity index (χ3n) is 8.55. The van der Waals surface area contributed by atoms with Gasteiger partial charge in [0.25, 0.3) is 5.91 Å². The Morgan fingerprint density at radius 3 is 2.37 bits per heavy atom. The minimum atomic E-state index is -3.73. The zero-order chi connectivity index (χ0) is 32.4. The zero-order valence-corrected chi connectivity index (χ0v) is 27.0. The molecule has 242 valence electrons. The number of sulfonamides is 1. The number of halogens is 1. The molecule has 3 heterocycles. The number of nitrogens with zero attached hydrogens (tertiary/aromatic N) is 4. The highest BCUT2D eigenvalue weighted by molar-refractivity contribution is 7.92. The minimum Gasteiger partial charge on any atom is -0.497 e. The lowest BCUT2D eigenvalue weighted by atomic mass is 9.98. The molecule has 0 N–H and O–H groups in total. The Morgan fingerprint density at radius 1 is 1.00 bits per heavy atom. The first-order chi connectivity index (χ1) is 22.1. The van der Waals surface area contributed by atoms with Crippen LogP contribution in [0.15, 0.2) is 60.8 Å². The Labute approximate surface area is 268 Å². The van der Waals surface area contributed by atoms with E-state index in [1.54, 1.807) is 30.3 Å². The number of methoxy groups -OCH3 is 1. The molecule has 0 spiro atoms. The second-order valence-corrected chi connectivity index (χ2v) is 13.6. The van der Waals surface area contributed by atoms with Crippen LogP contribution >= 0.6 is 0 Å². The van der Waals surface area contributed by atoms with Crippen molar-refractivity contribution in [3.05, 3.63) is 94.4 Å². The molecule has 46 heavy (non-hydrogen) atoms. The number of carbonyl (C=O) groups excluding carboxylic acids is 1. The molecule has 6 rings (SSSR count). The van der Waals surface area contributed by atoms with E-state index in [-0.39, 0.29) is 24.9 Å². The van der Waals surface area contributed by atoms with Crippen molar-refractivity contribution in [2.24, 2.45) is 0 Å². The standard InChI is InChI=1S/C34H37FN4O6S/c1-37(46(3,41)42)32-28-19-25(18-23-4-8-26(35)9-5-23)20-36-31(28)33(45-22-24-6-10-27(43-2)11-7-24)30-29(32)21-39(34(30)40)13-12-38-14-16-44-17-15-38/h4-11,19-20H,12-18,21-22H2,1-3H3. The van der Waals surface area contributed by atoms with E-state index < -0.39 is 10.0 Å². The van der Waals surface area contributed by atoms with Gasteiger partial charge in [-0.15, -0.1) is 0 Å². The number of rotatable bonds is 11. The summed E-state index contributed by atoms with van der Waals surface area (Å²) >= 11 is 0. The summed E-state index contributed by atoms with van der Waals surface area (Å²) in [5.41, 5.74) is 4.25. The zero-order valence-electron chi connectivity index (χ0n) is 26.2. The summed E-state index contributed by atoms with van der Waals surface area (Å²) in [6.07, 6.45) is 3.29. The van der Waals surface area contributed by atoms with Crippen LogP contribution in [0.1, 0.15) is 32.6 Å². The summed E-state index contributed by atoms with van der Waals surface area (Å²) in [6, 6.07) is 15.6. The van der Waals surface area contributed by atoms with Crippen molar-refractivity contribution >= 4 is 32.5 Å². The van der Waals surface area contributed by atoms with Gasteiger partial charge in [0.1, 0.15) is 23.7 Å². The van der Waals surface area contributed by atoms with E-state index in [1.807, 2.05) is 30.3 Å². The fraction of sp³-hybridized carbons (Fsp3) is 0.353. The van der Waals surface area contributed by atoms with Gasteiger partial charge in [-0.2, -0.15) is 0 Å². The lowest BCUT2D eigenvalue weighted by molar-refractivity contribution is 0.0327. The lowest BCUT2D eigenvalue weighted by Gasteiger charge is -2.28. The summed E-state index contributed by atoms with van der Waals surface area (Å²) in [6.45, 7) is 4.40. The maximum atomic E-state index is 14.1. The highest BCUT2D eigenvalue weighted by Gasteiger charge is 2.38.